The van der Waals surface area contributed by atoms with Crippen molar-refractivity contribution in [3.8, 4) is 0 Å². The van der Waals surface area contributed by atoms with Crippen LogP contribution in [0.25, 0.3) is 0 Å². The molecule has 0 aliphatic heterocycles. The van der Waals surface area contributed by atoms with Gasteiger partial charge in [0, 0.05) is 35.6 Å². The van der Waals surface area contributed by atoms with Gasteiger partial charge < -0.3 is 0 Å². The first-order valence-electron chi connectivity index (χ1n) is 0.204. The van der Waals surface area contributed by atoms with Gasteiger partial charge in [0.1, 0.15) is 0 Å². The number of rotatable bonds is 0. The zero-order chi connectivity index (χ0) is 2.00. The first-order chi connectivity index (χ1) is 1.00. The SMILES string of the molecule is [InH3].[La].[O]=[Ti]. The molecule has 19 valence electrons. The van der Waals surface area contributed by atoms with Crippen LogP contribution in [0.1, 0.15) is 0 Å². The second kappa shape index (κ2) is 17.6. The van der Waals surface area contributed by atoms with E-state index in [0.717, 1.165) is 20.4 Å². The van der Waals surface area contributed by atoms with Gasteiger partial charge in [-0.1, -0.05) is 0 Å². The summed E-state index contributed by atoms with van der Waals surface area (Å²) in [6.07, 6.45) is 0. The van der Waals surface area contributed by atoms with Crippen LogP contribution in [0, 0.1) is 35.6 Å². The van der Waals surface area contributed by atoms with Gasteiger partial charge in [-0.15, -0.1) is 0 Å². The normalized spacial score (nSPS) is 0.750. The van der Waals surface area contributed by atoms with Gasteiger partial charge in [0.05, 0.1) is 0 Å². The van der Waals surface area contributed by atoms with Crippen molar-refractivity contribution in [1.82, 2.24) is 0 Å². The van der Waals surface area contributed by atoms with E-state index < -0.39 is 0 Å². The zero-order valence-corrected chi connectivity index (χ0v) is 6.67. The summed E-state index contributed by atoms with van der Waals surface area (Å²) in [5, 5.41) is 0. The van der Waals surface area contributed by atoms with Crippen LogP contribution in [0.5, 0.6) is 0 Å². The second-order valence-corrected chi connectivity index (χ2v) is 0. The van der Waals surface area contributed by atoms with Gasteiger partial charge in [0.2, 0.25) is 0 Å². The number of hydrogen-bond donors (Lipinski definition) is 0. The number of hydrogen-bond acceptors (Lipinski definition) is 1. The van der Waals surface area contributed by atoms with Gasteiger partial charge >= 0.3 is 49.6 Å². The molecule has 0 aliphatic rings. The van der Waals surface area contributed by atoms with E-state index in [1.165, 1.54) is 0 Å². The van der Waals surface area contributed by atoms with Crippen LogP contribution in [0.4, 0.5) is 0 Å². The van der Waals surface area contributed by atoms with Gasteiger partial charge in [-0.05, 0) is 0 Å². The summed E-state index contributed by atoms with van der Waals surface area (Å²) < 4.78 is 8.25. The molecular weight excluding hydrogens is 318 g/mol. The molecule has 0 bridgehead atoms. The molecule has 0 aromatic carbocycles. The summed E-state index contributed by atoms with van der Waals surface area (Å²) in [4.78, 5) is 0. The molecule has 0 aliphatic carbocycles. The minimum atomic E-state index is 0. The first-order valence-corrected chi connectivity index (χ1v) is 0.842. The molecular formula is H3InLaOTi. The van der Waals surface area contributed by atoms with Crippen molar-refractivity contribution in [2.75, 3.05) is 0 Å². The minimum absolute atomic E-state index is 0. The molecule has 0 fully saturated rings. The Kier molecular flexibility index (Phi) is 70.3. The predicted octanol–water partition coefficient (Wildman–Crippen LogP) is -1.31. The van der Waals surface area contributed by atoms with Crippen LogP contribution < -0.4 is 0 Å². The molecule has 4 heteroatoms. The molecule has 0 N–H and O–H groups in total. The first kappa shape index (κ1) is 16.0. The van der Waals surface area contributed by atoms with Crippen molar-refractivity contribution < 1.29 is 59.3 Å². The molecule has 0 unspecified atom stereocenters. The maximum absolute atomic E-state index is 8.25. The molecule has 1 radical (unpaired) electrons. The zero-order valence-electron chi connectivity index (χ0n) is 1.49. The van der Waals surface area contributed by atoms with Gasteiger partial charge in [0.25, 0.3) is 0 Å². The third-order valence-corrected chi connectivity index (χ3v) is 0. The quantitative estimate of drug-likeness (QED) is 0.507. The second-order valence-electron chi connectivity index (χ2n) is 0. The molecule has 0 aromatic heterocycles. The Morgan fingerprint density at radius 2 is 1.25 bits per heavy atom. The molecule has 0 heterocycles. The van der Waals surface area contributed by atoms with Gasteiger partial charge in [-0.25, -0.2) is 0 Å². The predicted molar refractivity (Wildman–Crippen MR) is 10.6 cm³/mol. The van der Waals surface area contributed by atoms with Crippen LogP contribution in [0.15, 0.2) is 0 Å². The van der Waals surface area contributed by atoms with Crippen molar-refractivity contribution in [2.24, 2.45) is 0 Å². The molecule has 0 saturated carbocycles. The van der Waals surface area contributed by atoms with Crippen molar-refractivity contribution in [3.63, 3.8) is 0 Å². The van der Waals surface area contributed by atoms with E-state index in [1.54, 1.807) is 0 Å². The molecule has 0 spiro atoms. The van der Waals surface area contributed by atoms with E-state index in [9.17, 15) is 0 Å². The van der Waals surface area contributed by atoms with Crippen LogP contribution in [-0.2, 0) is 23.7 Å². The fourth-order valence-corrected chi connectivity index (χ4v) is 0. The molecule has 0 atom stereocenters. The standard InChI is InChI=1S/In.La.O.Ti.3H. The fraction of sp³-hybridized carbons (Fsp3) is 0. The summed E-state index contributed by atoms with van der Waals surface area (Å²) in [5.41, 5.74) is 0. The average Bonchev–Trinajstić information content (AvgIpc) is 1.00. The molecule has 0 saturated heterocycles. The van der Waals surface area contributed by atoms with E-state index in [1.807, 2.05) is 0 Å². The van der Waals surface area contributed by atoms with E-state index in [4.69, 9.17) is 3.32 Å². The Bertz CT molecular complexity index is 8.00. The van der Waals surface area contributed by atoms with E-state index in [2.05, 4.69) is 0 Å². The van der Waals surface area contributed by atoms with Gasteiger partial charge in [-0.3, -0.25) is 0 Å². The summed E-state index contributed by atoms with van der Waals surface area (Å²) in [6.45, 7) is 0. The van der Waals surface area contributed by atoms with Gasteiger partial charge in [0.15, 0.2) is 0 Å². The summed E-state index contributed by atoms with van der Waals surface area (Å²) >= 11 is 0.750. The molecule has 0 amide bonds. The molecule has 4 heavy (non-hydrogen) atoms. The molecule has 1 nitrogen and oxygen atoms in total. The fourth-order valence-electron chi connectivity index (χ4n) is 0. The van der Waals surface area contributed by atoms with Crippen LogP contribution in [0.2, 0.25) is 0 Å². The summed E-state index contributed by atoms with van der Waals surface area (Å²) in [5.74, 6) is 0. The average molecular weight is 321 g/mol. The summed E-state index contributed by atoms with van der Waals surface area (Å²) in [7, 11) is 0. The Balaban J connectivity index is -0.00000000500. The Hall–Kier alpha value is 2.58. The summed E-state index contributed by atoms with van der Waals surface area (Å²) in [6, 6.07) is 0. The maximum atomic E-state index is 8.25. The van der Waals surface area contributed by atoms with Crippen LogP contribution >= 0.6 is 0 Å². The van der Waals surface area contributed by atoms with E-state index >= 15 is 0 Å². The van der Waals surface area contributed by atoms with Crippen molar-refractivity contribution in [3.05, 3.63) is 0 Å². The molecule has 0 rings (SSSR count). The Labute approximate surface area is 83.4 Å². The monoisotopic (exact) mass is 321 g/mol. The Morgan fingerprint density at radius 1 is 1.25 bits per heavy atom. The van der Waals surface area contributed by atoms with Crippen molar-refractivity contribution in [2.45, 2.75) is 0 Å². The third kappa shape index (κ3) is 8.82. The van der Waals surface area contributed by atoms with E-state index in [0.29, 0.717) is 0 Å². The third-order valence-electron chi connectivity index (χ3n) is 0. The van der Waals surface area contributed by atoms with E-state index in [-0.39, 0.29) is 61.4 Å². The topological polar surface area (TPSA) is 17.1 Å². The van der Waals surface area contributed by atoms with Crippen molar-refractivity contribution >= 4 is 25.8 Å². The van der Waals surface area contributed by atoms with Crippen molar-refractivity contribution in [1.29, 1.82) is 0 Å². The molecule has 0 aromatic rings. The Morgan fingerprint density at radius 3 is 1.25 bits per heavy atom. The van der Waals surface area contributed by atoms with Crippen LogP contribution in [-0.4, -0.2) is 25.8 Å². The van der Waals surface area contributed by atoms with Crippen LogP contribution in [0.3, 0.4) is 0 Å². The van der Waals surface area contributed by atoms with Gasteiger partial charge in [-0.2, -0.15) is 0 Å².